The van der Waals surface area contributed by atoms with Crippen LogP contribution in [-0.4, -0.2) is 15.3 Å². The molecule has 3 heterocycles. The second-order valence-corrected chi connectivity index (χ2v) is 4.92. The molecule has 0 aliphatic carbocycles. The van der Waals surface area contributed by atoms with Crippen molar-refractivity contribution in [1.82, 2.24) is 9.55 Å². The lowest BCUT2D eigenvalue weighted by atomic mass is 10.1. The first kappa shape index (κ1) is 11.9. The van der Waals surface area contributed by atoms with E-state index in [-0.39, 0.29) is 5.78 Å². The molecule has 0 saturated carbocycles. The van der Waals surface area contributed by atoms with E-state index >= 15 is 0 Å². The summed E-state index contributed by atoms with van der Waals surface area (Å²) in [5.74, 6) is 0.612. The van der Waals surface area contributed by atoms with E-state index in [1.54, 1.807) is 17.8 Å². The Morgan fingerprint density at radius 1 is 1.47 bits per heavy atom. The summed E-state index contributed by atoms with van der Waals surface area (Å²) >= 11 is 1.34. The molecule has 4 nitrogen and oxygen atoms in total. The Kier molecular flexibility index (Phi) is 3.05. The molecule has 0 saturated heterocycles. The Bertz CT molecular complexity index is 695. The molecule has 19 heavy (non-hydrogen) atoms. The molecule has 3 rings (SSSR count). The number of carbonyl (C=O) groups is 1. The normalized spacial score (nSPS) is 10.8. The first-order chi connectivity index (χ1) is 9.29. The van der Waals surface area contributed by atoms with Gasteiger partial charge < -0.3 is 8.98 Å². The number of thiazole rings is 1. The Morgan fingerprint density at radius 2 is 2.37 bits per heavy atom. The molecule has 3 aromatic heterocycles. The van der Waals surface area contributed by atoms with Crippen molar-refractivity contribution in [2.75, 3.05) is 0 Å². The van der Waals surface area contributed by atoms with E-state index in [2.05, 4.69) is 4.98 Å². The highest BCUT2D eigenvalue weighted by molar-refractivity contribution is 7.12. The molecule has 0 radical (unpaired) electrons. The number of rotatable bonds is 4. The molecule has 0 aliphatic rings. The number of hydrogen-bond acceptors (Lipinski definition) is 4. The molecule has 5 heteroatoms. The van der Waals surface area contributed by atoms with Crippen molar-refractivity contribution >= 4 is 17.1 Å². The summed E-state index contributed by atoms with van der Waals surface area (Å²) in [5, 5.41) is 0. The standard InChI is InChI=1S/C14H12N2O2S/c1-2-16-6-5-10(8-16)13(17)14-12(15-9-19-14)11-4-3-7-18-11/h3-9H,2H2,1H3. The summed E-state index contributed by atoms with van der Waals surface area (Å²) in [4.78, 5) is 17.3. The molecule has 0 bridgehead atoms. The molecule has 3 aromatic rings. The summed E-state index contributed by atoms with van der Waals surface area (Å²) in [6.45, 7) is 2.89. The molecule has 0 atom stereocenters. The monoisotopic (exact) mass is 272 g/mol. The largest absolute Gasteiger partial charge is 0.463 e. The molecular formula is C14H12N2O2S. The van der Waals surface area contributed by atoms with Crippen LogP contribution in [0.15, 0.2) is 46.8 Å². The lowest BCUT2D eigenvalue weighted by Gasteiger charge is -1.98. The van der Waals surface area contributed by atoms with E-state index in [1.807, 2.05) is 36.0 Å². The van der Waals surface area contributed by atoms with E-state index in [4.69, 9.17) is 4.42 Å². The second kappa shape index (κ2) is 4.85. The van der Waals surface area contributed by atoms with Gasteiger partial charge in [-0.3, -0.25) is 4.79 Å². The SMILES string of the molecule is CCn1ccc(C(=O)c2scnc2-c2ccco2)c1. The van der Waals surface area contributed by atoms with E-state index in [0.29, 0.717) is 21.9 Å². The van der Waals surface area contributed by atoms with Crippen LogP contribution in [0.4, 0.5) is 0 Å². The summed E-state index contributed by atoms with van der Waals surface area (Å²) < 4.78 is 7.29. The summed E-state index contributed by atoms with van der Waals surface area (Å²) in [6, 6.07) is 5.43. The van der Waals surface area contributed by atoms with Crippen molar-refractivity contribution < 1.29 is 9.21 Å². The van der Waals surface area contributed by atoms with Gasteiger partial charge in [-0.15, -0.1) is 11.3 Å². The quantitative estimate of drug-likeness (QED) is 0.683. The molecule has 0 fully saturated rings. The van der Waals surface area contributed by atoms with Crippen LogP contribution in [0, 0.1) is 0 Å². The number of hydrogen-bond donors (Lipinski definition) is 0. The maximum absolute atomic E-state index is 12.5. The molecule has 0 aromatic carbocycles. The molecule has 96 valence electrons. The molecule has 0 unspecified atom stereocenters. The van der Waals surface area contributed by atoms with Gasteiger partial charge >= 0.3 is 0 Å². The maximum Gasteiger partial charge on any atom is 0.206 e. The molecule has 0 aliphatic heterocycles. The van der Waals surface area contributed by atoms with Gasteiger partial charge in [-0.1, -0.05) is 0 Å². The van der Waals surface area contributed by atoms with Gasteiger partial charge in [-0.2, -0.15) is 0 Å². The lowest BCUT2D eigenvalue weighted by Crippen LogP contribution is -1.99. The maximum atomic E-state index is 12.5. The van der Waals surface area contributed by atoms with Gasteiger partial charge in [-0.05, 0) is 25.1 Å². The number of nitrogens with zero attached hydrogens (tertiary/aromatic N) is 2. The molecular weight excluding hydrogens is 260 g/mol. The second-order valence-electron chi connectivity index (χ2n) is 4.07. The summed E-state index contributed by atoms with van der Waals surface area (Å²) in [5.41, 5.74) is 2.96. The first-order valence-corrected chi connectivity index (χ1v) is 6.85. The third-order valence-electron chi connectivity index (χ3n) is 2.91. The fourth-order valence-corrected chi connectivity index (χ4v) is 2.65. The van der Waals surface area contributed by atoms with Crippen molar-refractivity contribution in [2.24, 2.45) is 0 Å². The topological polar surface area (TPSA) is 48.0 Å². The van der Waals surface area contributed by atoms with Crippen LogP contribution in [-0.2, 0) is 6.54 Å². The predicted molar refractivity (Wildman–Crippen MR) is 73.4 cm³/mol. The van der Waals surface area contributed by atoms with Gasteiger partial charge in [0.15, 0.2) is 5.76 Å². The fraction of sp³-hybridized carbons (Fsp3) is 0.143. The van der Waals surface area contributed by atoms with Crippen LogP contribution in [0.5, 0.6) is 0 Å². The summed E-state index contributed by atoms with van der Waals surface area (Å²) in [6.07, 6.45) is 5.34. The number of ketones is 1. The van der Waals surface area contributed by atoms with Crippen LogP contribution >= 0.6 is 11.3 Å². The van der Waals surface area contributed by atoms with Crippen molar-refractivity contribution in [1.29, 1.82) is 0 Å². The highest BCUT2D eigenvalue weighted by Gasteiger charge is 2.20. The van der Waals surface area contributed by atoms with Gasteiger partial charge in [0.05, 0.1) is 11.8 Å². The highest BCUT2D eigenvalue weighted by atomic mass is 32.1. The fourth-order valence-electron chi connectivity index (χ4n) is 1.90. The minimum Gasteiger partial charge on any atom is -0.463 e. The van der Waals surface area contributed by atoms with Crippen LogP contribution in [0.3, 0.4) is 0 Å². The predicted octanol–water partition coefficient (Wildman–Crippen LogP) is 3.46. The van der Waals surface area contributed by atoms with Crippen molar-refractivity contribution in [3.05, 3.63) is 52.8 Å². The van der Waals surface area contributed by atoms with Crippen LogP contribution in [0.1, 0.15) is 22.2 Å². The van der Waals surface area contributed by atoms with E-state index in [0.717, 1.165) is 6.54 Å². The Labute approximate surface area is 114 Å². The first-order valence-electron chi connectivity index (χ1n) is 5.97. The Balaban J connectivity index is 1.99. The van der Waals surface area contributed by atoms with Gasteiger partial charge in [-0.25, -0.2) is 4.98 Å². The zero-order chi connectivity index (χ0) is 13.2. The number of furan rings is 1. The number of aryl methyl sites for hydroxylation is 1. The van der Waals surface area contributed by atoms with E-state index in [1.165, 1.54) is 11.3 Å². The van der Waals surface area contributed by atoms with Gasteiger partial charge in [0, 0.05) is 24.5 Å². The van der Waals surface area contributed by atoms with E-state index in [9.17, 15) is 4.79 Å². The zero-order valence-electron chi connectivity index (χ0n) is 10.4. The molecule has 0 spiro atoms. The minimum atomic E-state index is -0.0129. The molecule has 0 N–H and O–H groups in total. The van der Waals surface area contributed by atoms with Gasteiger partial charge in [0.1, 0.15) is 10.6 Å². The van der Waals surface area contributed by atoms with Crippen molar-refractivity contribution in [3.8, 4) is 11.5 Å². The average Bonchev–Trinajstić information content (AvgIpc) is 3.16. The zero-order valence-corrected chi connectivity index (χ0v) is 11.2. The smallest absolute Gasteiger partial charge is 0.206 e. The third-order valence-corrected chi connectivity index (χ3v) is 3.73. The Morgan fingerprint density at radius 3 is 3.05 bits per heavy atom. The molecule has 0 amide bonds. The highest BCUT2D eigenvalue weighted by Crippen LogP contribution is 2.28. The Hall–Kier alpha value is -2.14. The van der Waals surface area contributed by atoms with Gasteiger partial charge in [0.25, 0.3) is 0 Å². The van der Waals surface area contributed by atoms with E-state index < -0.39 is 0 Å². The van der Waals surface area contributed by atoms with Gasteiger partial charge in [0.2, 0.25) is 5.78 Å². The number of aromatic nitrogens is 2. The van der Waals surface area contributed by atoms with Crippen LogP contribution in [0.2, 0.25) is 0 Å². The van der Waals surface area contributed by atoms with Crippen molar-refractivity contribution in [2.45, 2.75) is 13.5 Å². The number of carbonyl (C=O) groups excluding carboxylic acids is 1. The third kappa shape index (κ3) is 2.13. The summed E-state index contributed by atoms with van der Waals surface area (Å²) in [7, 11) is 0. The average molecular weight is 272 g/mol. The lowest BCUT2D eigenvalue weighted by molar-refractivity contribution is 0.104. The van der Waals surface area contributed by atoms with Crippen LogP contribution in [0.25, 0.3) is 11.5 Å². The van der Waals surface area contributed by atoms with Crippen molar-refractivity contribution in [3.63, 3.8) is 0 Å². The minimum absolute atomic E-state index is 0.0129. The van der Waals surface area contributed by atoms with Crippen LogP contribution < -0.4 is 0 Å².